The fourth-order valence-corrected chi connectivity index (χ4v) is 4.57. The number of H-pyrrole nitrogens is 1. The van der Waals surface area contributed by atoms with E-state index in [0.29, 0.717) is 11.3 Å². The molecule has 0 radical (unpaired) electrons. The Morgan fingerprint density at radius 1 is 1.17 bits per heavy atom. The van der Waals surface area contributed by atoms with Crippen molar-refractivity contribution in [3.8, 4) is 11.3 Å². The van der Waals surface area contributed by atoms with E-state index in [1.54, 1.807) is 0 Å². The normalized spacial score (nSPS) is 21.9. The van der Waals surface area contributed by atoms with E-state index in [2.05, 4.69) is 25.2 Å². The summed E-state index contributed by atoms with van der Waals surface area (Å²) >= 11 is 0. The van der Waals surface area contributed by atoms with E-state index < -0.39 is 17.6 Å². The molecule has 29 heavy (non-hydrogen) atoms. The minimum Gasteiger partial charge on any atom is -0.383 e. The first kappa shape index (κ1) is 18.2. The standard InChI is InChI=1S/C19H20F3N7/c20-19(21,22)14-5-13(9-24-17(14)23)15-6-16-18(2-4-29(16)27-15)1-3-28(11-18)10-12-7-25-26-8-12/h5-9H,1-4,10-11H2,(H2,23,24)(H,25,26). The second-order valence-corrected chi connectivity index (χ2v) is 7.89. The summed E-state index contributed by atoms with van der Waals surface area (Å²) in [5.74, 6) is -0.518. The van der Waals surface area contributed by atoms with Crippen molar-refractivity contribution in [2.75, 3.05) is 18.8 Å². The molecule has 2 aliphatic heterocycles. The van der Waals surface area contributed by atoms with Gasteiger partial charge in [-0.05, 0) is 31.5 Å². The zero-order chi connectivity index (χ0) is 20.2. The van der Waals surface area contributed by atoms with Crippen LogP contribution in [0.3, 0.4) is 0 Å². The Morgan fingerprint density at radius 3 is 2.76 bits per heavy atom. The number of aromatic nitrogens is 5. The van der Waals surface area contributed by atoms with Crippen LogP contribution in [-0.4, -0.2) is 43.0 Å². The number of aryl methyl sites for hydroxylation is 1. The molecule has 0 amide bonds. The predicted molar refractivity (Wildman–Crippen MR) is 99.6 cm³/mol. The summed E-state index contributed by atoms with van der Waals surface area (Å²) in [4.78, 5) is 6.13. The summed E-state index contributed by atoms with van der Waals surface area (Å²) in [5.41, 5.74) is 7.55. The second kappa shape index (κ2) is 6.31. The van der Waals surface area contributed by atoms with E-state index in [1.165, 1.54) is 6.20 Å². The summed E-state index contributed by atoms with van der Waals surface area (Å²) in [5, 5.41) is 11.4. The molecular formula is C19H20F3N7. The van der Waals surface area contributed by atoms with Gasteiger partial charge in [-0.3, -0.25) is 14.7 Å². The molecule has 0 saturated carbocycles. The van der Waals surface area contributed by atoms with Gasteiger partial charge >= 0.3 is 6.18 Å². The minimum absolute atomic E-state index is 0.0108. The smallest absolute Gasteiger partial charge is 0.383 e. The van der Waals surface area contributed by atoms with Crippen LogP contribution in [0.25, 0.3) is 11.3 Å². The molecule has 1 atom stereocenters. The van der Waals surface area contributed by atoms with E-state index >= 15 is 0 Å². The number of hydrogen-bond donors (Lipinski definition) is 2. The number of pyridine rings is 1. The Morgan fingerprint density at radius 2 is 2.00 bits per heavy atom. The lowest BCUT2D eigenvalue weighted by atomic mass is 9.82. The number of alkyl halides is 3. The van der Waals surface area contributed by atoms with E-state index in [9.17, 15) is 13.2 Å². The summed E-state index contributed by atoms with van der Waals surface area (Å²) in [7, 11) is 0. The Kier molecular flexibility index (Phi) is 3.95. The van der Waals surface area contributed by atoms with Crippen molar-refractivity contribution in [3.63, 3.8) is 0 Å². The number of aromatic amines is 1. The van der Waals surface area contributed by atoms with Gasteiger partial charge in [0.1, 0.15) is 5.82 Å². The van der Waals surface area contributed by atoms with Crippen LogP contribution in [0.1, 0.15) is 29.7 Å². The minimum atomic E-state index is -4.55. The molecule has 0 aliphatic carbocycles. The van der Waals surface area contributed by atoms with Crippen molar-refractivity contribution in [1.29, 1.82) is 0 Å². The number of nitrogens with zero attached hydrogens (tertiary/aromatic N) is 5. The summed E-state index contributed by atoms with van der Waals surface area (Å²) in [6.45, 7) is 3.46. The number of hydrogen-bond acceptors (Lipinski definition) is 5. The zero-order valence-corrected chi connectivity index (χ0v) is 15.6. The first-order valence-corrected chi connectivity index (χ1v) is 9.45. The molecule has 3 aromatic rings. The van der Waals surface area contributed by atoms with E-state index in [1.807, 2.05) is 23.1 Å². The highest BCUT2D eigenvalue weighted by Gasteiger charge is 2.45. The van der Waals surface area contributed by atoms with Crippen molar-refractivity contribution in [1.82, 2.24) is 29.9 Å². The third-order valence-corrected chi connectivity index (χ3v) is 6.04. The summed E-state index contributed by atoms with van der Waals surface area (Å²) < 4.78 is 41.5. The molecule has 3 aromatic heterocycles. The molecule has 7 nitrogen and oxygen atoms in total. The number of nitrogen functional groups attached to an aromatic ring is 1. The van der Waals surface area contributed by atoms with Crippen molar-refractivity contribution < 1.29 is 13.2 Å². The number of rotatable bonds is 3. The molecule has 1 saturated heterocycles. The Labute approximate surface area is 164 Å². The average molecular weight is 403 g/mol. The Bertz CT molecular complexity index is 1040. The molecule has 1 fully saturated rings. The first-order valence-electron chi connectivity index (χ1n) is 9.45. The summed E-state index contributed by atoms with van der Waals surface area (Å²) in [6, 6.07) is 2.95. The lowest BCUT2D eigenvalue weighted by Crippen LogP contribution is -2.28. The molecule has 0 aromatic carbocycles. The van der Waals surface area contributed by atoms with Crippen LogP contribution in [0.5, 0.6) is 0 Å². The van der Waals surface area contributed by atoms with Gasteiger partial charge in [-0.2, -0.15) is 23.4 Å². The van der Waals surface area contributed by atoms with E-state index in [0.717, 1.165) is 56.3 Å². The average Bonchev–Trinajstić information content (AvgIpc) is 3.43. The number of likely N-dealkylation sites (tertiary alicyclic amines) is 1. The number of fused-ring (bicyclic) bond motifs is 2. The molecule has 10 heteroatoms. The summed E-state index contributed by atoms with van der Waals surface area (Å²) in [6.07, 6.45) is 2.53. The Hall–Kier alpha value is -2.88. The maximum absolute atomic E-state index is 13.2. The van der Waals surface area contributed by atoms with Gasteiger partial charge < -0.3 is 5.73 Å². The number of nitrogens with one attached hydrogen (secondary N) is 1. The molecule has 3 N–H and O–H groups in total. The highest BCUT2D eigenvalue weighted by molar-refractivity contribution is 5.63. The van der Waals surface area contributed by atoms with Gasteiger partial charge in [0.05, 0.1) is 17.5 Å². The molecule has 2 aliphatic rings. The largest absolute Gasteiger partial charge is 0.419 e. The van der Waals surface area contributed by atoms with Crippen molar-refractivity contribution in [2.24, 2.45) is 0 Å². The van der Waals surface area contributed by atoms with E-state index in [-0.39, 0.29) is 5.41 Å². The fourth-order valence-electron chi connectivity index (χ4n) is 4.57. The van der Waals surface area contributed by atoms with Crippen molar-refractivity contribution in [2.45, 2.75) is 37.5 Å². The van der Waals surface area contributed by atoms with Crippen LogP contribution < -0.4 is 5.73 Å². The van der Waals surface area contributed by atoms with Crippen LogP contribution in [0.2, 0.25) is 0 Å². The second-order valence-electron chi connectivity index (χ2n) is 7.89. The molecule has 1 unspecified atom stereocenters. The molecule has 152 valence electrons. The maximum Gasteiger partial charge on any atom is 0.419 e. The molecular weight excluding hydrogens is 383 g/mol. The van der Waals surface area contributed by atoms with Gasteiger partial charge in [0, 0.05) is 54.3 Å². The molecule has 5 rings (SSSR count). The maximum atomic E-state index is 13.2. The highest BCUT2D eigenvalue weighted by Crippen LogP contribution is 2.44. The van der Waals surface area contributed by atoms with Gasteiger partial charge in [0.15, 0.2) is 0 Å². The predicted octanol–water partition coefficient (Wildman–Crippen LogP) is 2.82. The topological polar surface area (TPSA) is 88.7 Å². The van der Waals surface area contributed by atoms with Crippen LogP contribution >= 0.6 is 0 Å². The zero-order valence-electron chi connectivity index (χ0n) is 15.6. The van der Waals surface area contributed by atoms with Gasteiger partial charge in [0.25, 0.3) is 0 Å². The van der Waals surface area contributed by atoms with Gasteiger partial charge in [0.2, 0.25) is 0 Å². The monoisotopic (exact) mass is 403 g/mol. The van der Waals surface area contributed by atoms with Crippen LogP contribution in [0.4, 0.5) is 19.0 Å². The highest BCUT2D eigenvalue weighted by atomic mass is 19.4. The van der Waals surface area contributed by atoms with Gasteiger partial charge in [-0.15, -0.1) is 0 Å². The van der Waals surface area contributed by atoms with Crippen molar-refractivity contribution >= 4 is 5.82 Å². The number of halogens is 3. The number of anilines is 1. The lowest BCUT2D eigenvalue weighted by Gasteiger charge is -2.23. The van der Waals surface area contributed by atoms with Crippen LogP contribution in [0.15, 0.2) is 30.7 Å². The fraction of sp³-hybridized carbons (Fsp3) is 0.421. The van der Waals surface area contributed by atoms with E-state index in [4.69, 9.17) is 5.73 Å². The van der Waals surface area contributed by atoms with Crippen molar-refractivity contribution in [3.05, 3.63) is 47.5 Å². The number of nitrogens with two attached hydrogens (primary N) is 1. The van der Waals surface area contributed by atoms with Gasteiger partial charge in [-0.25, -0.2) is 4.98 Å². The SMILES string of the molecule is Nc1ncc(-c2cc3n(n2)CCC32CCN(Cc3cn[nH]c3)C2)cc1C(F)(F)F. The van der Waals surface area contributed by atoms with Crippen LogP contribution in [0, 0.1) is 0 Å². The molecule has 1 spiro atoms. The van der Waals surface area contributed by atoms with Gasteiger partial charge in [-0.1, -0.05) is 0 Å². The third kappa shape index (κ3) is 3.07. The van der Waals surface area contributed by atoms with Crippen LogP contribution in [-0.2, 0) is 24.7 Å². The quantitative estimate of drug-likeness (QED) is 0.702. The Balaban J connectivity index is 1.43. The molecule has 5 heterocycles. The first-order chi connectivity index (χ1) is 13.8. The molecule has 0 bridgehead atoms. The third-order valence-electron chi connectivity index (χ3n) is 6.04. The lowest BCUT2D eigenvalue weighted by molar-refractivity contribution is -0.137.